The lowest BCUT2D eigenvalue weighted by atomic mass is 10.1. The van der Waals surface area contributed by atoms with Crippen LogP contribution in [0, 0.1) is 0 Å². The van der Waals surface area contributed by atoms with E-state index in [9.17, 15) is 0 Å². The molecule has 2 rings (SSSR count). The third-order valence-corrected chi connectivity index (χ3v) is 3.10. The second-order valence-electron chi connectivity index (χ2n) is 3.40. The second kappa shape index (κ2) is 3.31. The van der Waals surface area contributed by atoms with Gasteiger partial charge in [0.25, 0.3) is 0 Å². The Bertz CT molecular complexity index is 327. The van der Waals surface area contributed by atoms with Gasteiger partial charge in [0.15, 0.2) is 0 Å². The van der Waals surface area contributed by atoms with E-state index in [0.717, 1.165) is 16.6 Å². The van der Waals surface area contributed by atoms with Gasteiger partial charge in [-0.25, -0.2) is 0 Å². The van der Waals surface area contributed by atoms with Crippen molar-refractivity contribution in [3.8, 4) is 5.75 Å². The highest BCUT2D eigenvalue weighted by molar-refractivity contribution is 9.10. The van der Waals surface area contributed by atoms with Crippen LogP contribution in [0.25, 0.3) is 0 Å². The number of rotatable bonds is 2. The smallest absolute Gasteiger partial charge is 0.133 e. The molecule has 2 N–H and O–H groups in total. The van der Waals surface area contributed by atoms with Gasteiger partial charge in [-0.15, -0.1) is 0 Å². The summed E-state index contributed by atoms with van der Waals surface area (Å²) in [5, 5.41) is 0. The van der Waals surface area contributed by atoms with Crippen molar-refractivity contribution >= 4 is 15.9 Å². The van der Waals surface area contributed by atoms with Crippen molar-refractivity contribution in [2.75, 3.05) is 7.11 Å². The van der Waals surface area contributed by atoms with Crippen LogP contribution in [-0.4, -0.2) is 13.2 Å². The van der Waals surface area contributed by atoms with Crippen molar-refractivity contribution in [2.24, 2.45) is 5.73 Å². The number of halogens is 1. The van der Waals surface area contributed by atoms with Crippen molar-refractivity contribution < 1.29 is 4.74 Å². The summed E-state index contributed by atoms with van der Waals surface area (Å²) in [6.07, 6.45) is 1.10. The van der Waals surface area contributed by atoms with Gasteiger partial charge in [0.05, 0.1) is 11.6 Å². The molecule has 1 aliphatic carbocycles. The number of nitrogens with two attached hydrogens (primary N) is 1. The van der Waals surface area contributed by atoms with Gasteiger partial charge in [-0.2, -0.15) is 0 Å². The molecule has 0 spiro atoms. The maximum absolute atomic E-state index is 5.78. The molecular formula is C10H12BrNO. The minimum absolute atomic E-state index is 0.353. The number of methoxy groups -OCH3 is 1. The fourth-order valence-corrected chi connectivity index (χ4v) is 1.91. The lowest BCUT2D eigenvalue weighted by molar-refractivity contribution is 0.411. The van der Waals surface area contributed by atoms with Gasteiger partial charge in [-0.1, -0.05) is 6.07 Å². The van der Waals surface area contributed by atoms with Crippen molar-refractivity contribution in [2.45, 2.75) is 18.4 Å². The first-order valence-corrected chi connectivity index (χ1v) is 5.10. The first kappa shape index (κ1) is 9.03. The average molecular weight is 242 g/mol. The topological polar surface area (TPSA) is 35.2 Å². The zero-order valence-corrected chi connectivity index (χ0v) is 9.04. The van der Waals surface area contributed by atoms with Gasteiger partial charge in [0.1, 0.15) is 5.75 Å². The third kappa shape index (κ3) is 1.71. The molecule has 0 aromatic heterocycles. The van der Waals surface area contributed by atoms with E-state index >= 15 is 0 Å². The quantitative estimate of drug-likeness (QED) is 0.863. The molecule has 1 fully saturated rings. The highest BCUT2D eigenvalue weighted by Gasteiger charge is 2.35. The van der Waals surface area contributed by atoms with Crippen molar-refractivity contribution in [3.63, 3.8) is 0 Å². The maximum Gasteiger partial charge on any atom is 0.133 e. The van der Waals surface area contributed by atoms with Crippen molar-refractivity contribution in [1.82, 2.24) is 0 Å². The maximum atomic E-state index is 5.78. The van der Waals surface area contributed by atoms with Crippen LogP contribution in [0.15, 0.2) is 22.7 Å². The molecule has 1 aliphatic rings. The molecule has 0 amide bonds. The molecule has 0 heterocycles. The molecule has 0 bridgehead atoms. The number of benzene rings is 1. The minimum Gasteiger partial charge on any atom is -0.496 e. The van der Waals surface area contributed by atoms with E-state index in [1.807, 2.05) is 6.07 Å². The summed E-state index contributed by atoms with van der Waals surface area (Å²) in [7, 11) is 1.68. The molecule has 1 aromatic rings. The zero-order chi connectivity index (χ0) is 9.42. The van der Waals surface area contributed by atoms with Crippen molar-refractivity contribution in [1.29, 1.82) is 0 Å². The molecular weight excluding hydrogens is 230 g/mol. The Morgan fingerprint density at radius 3 is 2.77 bits per heavy atom. The Morgan fingerprint density at radius 2 is 2.23 bits per heavy atom. The van der Waals surface area contributed by atoms with Gasteiger partial charge in [0.2, 0.25) is 0 Å². The number of hydrogen-bond donors (Lipinski definition) is 1. The van der Waals surface area contributed by atoms with Crippen LogP contribution in [0.5, 0.6) is 5.75 Å². The van der Waals surface area contributed by atoms with Crippen LogP contribution < -0.4 is 10.5 Å². The molecule has 70 valence electrons. The number of hydrogen-bond acceptors (Lipinski definition) is 2. The van der Waals surface area contributed by atoms with E-state index in [4.69, 9.17) is 10.5 Å². The summed E-state index contributed by atoms with van der Waals surface area (Å²) in [6.45, 7) is 0. The third-order valence-electron chi connectivity index (χ3n) is 2.44. The summed E-state index contributed by atoms with van der Waals surface area (Å²) in [5.41, 5.74) is 7.06. The fourth-order valence-electron chi connectivity index (χ4n) is 1.50. The Kier molecular flexibility index (Phi) is 2.30. The predicted octanol–water partition coefficient (Wildman–Crippen LogP) is 2.27. The molecule has 0 radical (unpaired) electrons. The Morgan fingerprint density at radius 1 is 1.54 bits per heavy atom. The molecule has 1 aromatic carbocycles. The van der Waals surface area contributed by atoms with Crippen LogP contribution in [0.3, 0.4) is 0 Å². The Labute approximate surface area is 86.2 Å². The van der Waals surface area contributed by atoms with E-state index in [1.54, 1.807) is 7.11 Å². The summed E-state index contributed by atoms with van der Waals surface area (Å²) < 4.78 is 6.20. The Hall–Kier alpha value is -0.540. The van der Waals surface area contributed by atoms with Gasteiger partial charge >= 0.3 is 0 Å². The zero-order valence-electron chi connectivity index (χ0n) is 7.46. The summed E-state index contributed by atoms with van der Waals surface area (Å²) in [5.74, 6) is 1.43. The molecule has 0 aliphatic heterocycles. The summed E-state index contributed by atoms with van der Waals surface area (Å²) >= 11 is 3.42. The van der Waals surface area contributed by atoms with E-state index < -0.39 is 0 Å². The average Bonchev–Trinajstić information content (AvgIpc) is 2.84. The molecule has 13 heavy (non-hydrogen) atoms. The number of ether oxygens (including phenoxy) is 1. The van der Waals surface area contributed by atoms with Gasteiger partial charge in [-0.05, 0) is 40.0 Å². The van der Waals surface area contributed by atoms with Crippen LogP contribution >= 0.6 is 15.9 Å². The summed E-state index contributed by atoms with van der Waals surface area (Å²) in [4.78, 5) is 0. The van der Waals surface area contributed by atoms with Crippen LogP contribution in [0.4, 0.5) is 0 Å². The van der Waals surface area contributed by atoms with Gasteiger partial charge in [-0.3, -0.25) is 0 Å². The van der Waals surface area contributed by atoms with E-state index in [2.05, 4.69) is 28.1 Å². The molecule has 2 nitrogen and oxygen atoms in total. The molecule has 0 saturated heterocycles. The Balaban J connectivity index is 2.28. The predicted molar refractivity (Wildman–Crippen MR) is 56.0 cm³/mol. The van der Waals surface area contributed by atoms with Crippen LogP contribution in [0.1, 0.15) is 17.9 Å². The summed E-state index contributed by atoms with van der Waals surface area (Å²) in [6, 6.07) is 6.52. The molecule has 3 heteroatoms. The van der Waals surface area contributed by atoms with Crippen LogP contribution in [-0.2, 0) is 0 Å². The lowest BCUT2D eigenvalue weighted by Gasteiger charge is -2.05. The van der Waals surface area contributed by atoms with E-state index in [0.29, 0.717) is 12.0 Å². The highest BCUT2D eigenvalue weighted by atomic mass is 79.9. The molecule has 2 atom stereocenters. The lowest BCUT2D eigenvalue weighted by Crippen LogP contribution is -2.01. The molecule has 2 unspecified atom stereocenters. The first-order chi connectivity index (χ1) is 6.22. The SMILES string of the molecule is COc1cc(C2CC2N)ccc1Br. The van der Waals surface area contributed by atoms with E-state index in [1.165, 1.54) is 5.56 Å². The standard InChI is InChI=1S/C10H12BrNO/c1-13-10-4-6(2-3-8(10)11)7-5-9(7)12/h2-4,7,9H,5,12H2,1H3. The highest BCUT2D eigenvalue weighted by Crippen LogP contribution is 2.41. The van der Waals surface area contributed by atoms with Gasteiger partial charge < -0.3 is 10.5 Å². The largest absolute Gasteiger partial charge is 0.496 e. The van der Waals surface area contributed by atoms with E-state index in [-0.39, 0.29) is 0 Å². The normalized spacial score (nSPS) is 25.8. The van der Waals surface area contributed by atoms with Gasteiger partial charge in [0, 0.05) is 12.0 Å². The van der Waals surface area contributed by atoms with Crippen LogP contribution in [0.2, 0.25) is 0 Å². The first-order valence-electron chi connectivity index (χ1n) is 4.31. The molecule has 1 saturated carbocycles. The fraction of sp³-hybridized carbons (Fsp3) is 0.400. The minimum atomic E-state index is 0.353. The van der Waals surface area contributed by atoms with Crippen molar-refractivity contribution in [3.05, 3.63) is 28.2 Å². The second-order valence-corrected chi connectivity index (χ2v) is 4.25. The monoisotopic (exact) mass is 241 g/mol.